The number of likely N-dealkylation sites (tertiary alicyclic amines) is 1. The first-order valence-corrected chi connectivity index (χ1v) is 10.4. The Kier molecular flexibility index (Phi) is 7.03. The van der Waals surface area contributed by atoms with Crippen molar-refractivity contribution in [2.75, 3.05) is 44.1 Å². The SMILES string of the molecule is COc1cc(CC2CN(C(=O)CSCC(=O)Nc3cc(C)on3)C2)cc(OC)c1. The Morgan fingerprint density at radius 1 is 1.17 bits per heavy atom. The first-order chi connectivity index (χ1) is 14.0. The topological polar surface area (TPSA) is 93.9 Å². The van der Waals surface area contributed by atoms with Gasteiger partial charge in [-0.05, 0) is 37.0 Å². The average molecular weight is 420 g/mol. The van der Waals surface area contributed by atoms with E-state index in [1.54, 1.807) is 27.2 Å². The maximum absolute atomic E-state index is 12.3. The fourth-order valence-electron chi connectivity index (χ4n) is 3.15. The van der Waals surface area contributed by atoms with Gasteiger partial charge in [0.1, 0.15) is 17.3 Å². The standard InChI is InChI=1S/C20H25N3O5S/c1-13-4-18(22-28-13)21-19(24)11-29-12-20(25)23-9-15(10-23)5-14-6-16(26-2)8-17(7-14)27-3/h4,6-8,15H,5,9-12H2,1-3H3,(H,21,22,24). The number of anilines is 1. The summed E-state index contributed by atoms with van der Waals surface area (Å²) in [6.07, 6.45) is 0.865. The van der Waals surface area contributed by atoms with E-state index >= 15 is 0 Å². The van der Waals surface area contributed by atoms with Crippen molar-refractivity contribution in [3.63, 3.8) is 0 Å². The third-order valence-electron chi connectivity index (χ3n) is 4.60. The highest BCUT2D eigenvalue weighted by molar-refractivity contribution is 8.00. The van der Waals surface area contributed by atoms with Gasteiger partial charge in [0.25, 0.3) is 0 Å². The molecule has 156 valence electrons. The van der Waals surface area contributed by atoms with Gasteiger partial charge in [0.2, 0.25) is 11.8 Å². The van der Waals surface area contributed by atoms with Gasteiger partial charge in [0.05, 0.1) is 25.7 Å². The van der Waals surface area contributed by atoms with Crippen LogP contribution in [0.25, 0.3) is 0 Å². The highest BCUT2D eigenvalue weighted by Crippen LogP contribution is 2.27. The van der Waals surface area contributed by atoms with Crippen LogP contribution in [0.1, 0.15) is 11.3 Å². The van der Waals surface area contributed by atoms with Gasteiger partial charge in [0, 0.05) is 25.2 Å². The average Bonchev–Trinajstić information content (AvgIpc) is 3.08. The maximum Gasteiger partial charge on any atom is 0.235 e. The molecule has 0 unspecified atom stereocenters. The molecule has 1 aromatic carbocycles. The fraction of sp³-hybridized carbons (Fsp3) is 0.450. The van der Waals surface area contributed by atoms with Gasteiger partial charge >= 0.3 is 0 Å². The van der Waals surface area contributed by atoms with Crippen molar-refractivity contribution >= 4 is 29.4 Å². The van der Waals surface area contributed by atoms with Crippen LogP contribution in [-0.4, -0.2) is 60.7 Å². The minimum absolute atomic E-state index is 0.0551. The Hall–Kier alpha value is -2.68. The molecule has 3 rings (SSSR count). The van der Waals surface area contributed by atoms with Crippen LogP contribution >= 0.6 is 11.8 Å². The molecule has 29 heavy (non-hydrogen) atoms. The summed E-state index contributed by atoms with van der Waals surface area (Å²) in [7, 11) is 3.26. The molecule has 1 N–H and O–H groups in total. The van der Waals surface area contributed by atoms with Crippen LogP contribution in [0, 0.1) is 12.8 Å². The van der Waals surface area contributed by atoms with Crippen molar-refractivity contribution in [3.05, 3.63) is 35.6 Å². The van der Waals surface area contributed by atoms with E-state index < -0.39 is 0 Å². The minimum Gasteiger partial charge on any atom is -0.497 e. The summed E-state index contributed by atoms with van der Waals surface area (Å²) >= 11 is 1.29. The number of thioether (sulfide) groups is 1. The van der Waals surface area contributed by atoms with E-state index in [0.29, 0.717) is 17.5 Å². The third-order valence-corrected chi connectivity index (χ3v) is 5.52. The van der Waals surface area contributed by atoms with Gasteiger partial charge < -0.3 is 24.2 Å². The van der Waals surface area contributed by atoms with Crippen LogP contribution in [0.3, 0.4) is 0 Å². The predicted octanol–water partition coefficient (Wildman–Crippen LogP) is 2.37. The lowest BCUT2D eigenvalue weighted by molar-refractivity contribution is -0.134. The van der Waals surface area contributed by atoms with Gasteiger partial charge in [0.15, 0.2) is 5.82 Å². The van der Waals surface area contributed by atoms with Crippen LogP contribution in [0.4, 0.5) is 5.82 Å². The summed E-state index contributed by atoms with van der Waals surface area (Å²) in [5.74, 6) is 3.29. The lowest BCUT2D eigenvalue weighted by Gasteiger charge is -2.39. The Morgan fingerprint density at radius 2 is 1.86 bits per heavy atom. The number of hydrogen-bond acceptors (Lipinski definition) is 7. The summed E-state index contributed by atoms with van der Waals surface area (Å²) in [6.45, 7) is 3.20. The largest absolute Gasteiger partial charge is 0.497 e. The van der Waals surface area contributed by atoms with Crippen LogP contribution in [-0.2, 0) is 16.0 Å². The smallest absolute Gasteiger partial charge is 0.235 e. The summed E-state index contributed by atoms with van der Waals surface area (Å²) in [6, 6.07) is 7.48. The van der Waals surface area contributed by atoms with Crippen LogP contribution in [0.15, 0.2) is 28.8 Å². The molecular formula is C20H25N3O5S. The lowest BCUT2D eigenvalue weighted by Crippen LogP contribution is -2.51. The molecule has 0 aliphatic carbocycles. The summed E-state index contributed by atoms with van der Waals surface area (Å²) in [5, 5.41) is 6.34. The predicted molar refractivity (Wildman–Crippen MR) is 111 cm³/mol. The van der Waals surface area contributed by atoms with Crippen LogP contribution < -0.4 is 14.8 Å². The molecule has 2 heterocycles. The number of rotatable bonds is 9. The monoisotopic (exact) mass is 419 g/mol. The Bertz CT molecular complexity index is 841. The highest BCUT2D eigenvalue weighted by atomic mass is 32.2. The molecule has 2 amide bonds. The highest BCUT2D eigenvalue weighted by Gasteiger charge is 2.30. The summed E-state index contributed by atoms with van der Waals surface area (Å²) in [5.41, 5.74) is 1.13. The molecule has 0 saturated carbocycles. The molecule has 0 spiro atoms. The molecule has 2 aromatic rings. The van der Waals surface area contributed by atoms with E-state index in [0.717, 1.165) is 36.6 Å². The number of nitrogens with one attached hydrogen (secondary N) is 1. The van der Waals surface area contributed by atoms with Gasteiger partial charge in [-0.2, -0.15) is 0 Å². The van der Waals surface area contributed by atoms with Crippen LogP contribution in [0.2, 0.25) is 0 Å². The van der Waals surface area contributed by atoms with Gasteiger partial charge in [-0.3, -0.25) is 9.59 Å². The number of benzene rings is 1. The van der Waals surface area contributed by atoms with Crippen molar-refractivity contribution < 1.29 is 23.6 Å². The van der Waals surface area contributed by atoms with E-state index in [1.165, 1.54) is 11.8 Å². The molecule has 9 heteroatoms. The number of aryl methyl sites for hydroxylation is 1. The Labute approximate surface area is 173 Å². The number of ether oxygens (including phenoxy) is 2. The fourth-order valence-corrected chi connectivity index (χ4v) is 3.86. The zero-order valence-corrected chi connectivity index (χ0v) is 17.6. The number of carbonyl (C=O) groups is 2. The van der Waals surface area contributed by atoms with Crippen molar-refractivity contribution in [1.29, 1.82) is 0 Å². The molecule has 1 aromatic heterocycles. The van der Waals surface area contributed by atoms with E-state index in [-0.39, 0.29) is 23.3 Å². The number of methoxy groups -OCH3 is 2. The molecule has 0 bridgehead atoms. The lowest BCUT2D eigenvalue weighted by atomic mass is 9.92. The molecule has 1 saturated heterocycles. The van der Waals surface area contributed by atoms with Crippen molar-refractivity contribution in [1.82, 2.24) is 10.1 Å². The number of aromatic nitrogens is 1. The second-order valence-corrected chi connectivity index (χ2v) is 7.94. The zero-order valence-electron chi connectivity index (χ0n) is 16.8. The molecule has 1 aliphatic rings. The molecule has 1 fully saturated rings. The molecule has 0 atom stereocenters. The Balaban J connectivity index is 1.36. The second kappa shape index (κ2) is 9.69. The maximum atomic E-state index is 12.3. The summed E-state index contributed by atoms with van der Waals surface area (Å²) < 4.78 is 15.5. The number of carbonyl (C=O) groups excluding carboxylic acids is 2. The normalized spacial score (nSPS) is 13.7. The molecule has 8 nitrogen and oxygen atoms in total. The van der Waals surface area contributed by atoms with Crippen molar-refractivity contribution in [2.45, 2.75) is 13.3 Å². The summed E-state index contributed by atoms with van der Waals surface area (Å²) in [4.78, 5) is 26.0. The third kappa shape index (κ3) is 5.90. The quantitative estimate of drug-likeness (QED) is 0.667. The van der Waals surface area contributed by atoms with Gasteiger partial charge in [-0.1, -0.05) is 5.16 Å². The number of hydrogen-bond donors (Lipinski definition) is 1. The first-order valence-electron chi connectivity index (χ1n) is 9.27. The van der Waals surface area contributed by atoms with E-state index in [4.69, 9.17) is 14.0 Å². The van der Waals surface area contributed by atoms with E-state index in [9.17, 15) is 9.59 Å². The Morgan fingerprint density at radius 3 is 2.45 bits per heavy atom. The first kappa shape index (κ1) is 21.0. The second-order valence-electron chi connectivity index (χ2n) is 6.95. The van der Waals surface area contributed by atoms with Gasteiger partial charge in [-0.15, -0.1) is 11.8 Å². The zero-order chi connectivity index (χ0) is 20.8. The molecule has 1 aliphatic heterocycles. The molecular weight excluding hydrogens is 394 g/mol. The van der Waals surface area contributed by atoms with Crippen LogP contribution in [0.5, 0.6) is 11.5 Å². The minimum atomic E-state index is -0.204. The van der Waals surface area contributed by atoms with Crippen molar-refractivity contribution in [3.8, 4) is 11.5 Å². The van der Waals surface area contributed by atoms with E-state index in [1.807, 2.05) is 23.1 Å². The number of nitrogens with zero attached hydrogens (tertiary/aromatic N) is 2. The number of amides is 2. The van der Waals surface area contributed by atoms with E-state index in [2.05, 4.69) is 10.5 Å². The van der Waals surface area contributed by atoms with Crippen molar-refractivity contribution in [2.24, 2.45) is 5.92 Å². The van der Waals surface area contributed by atoms with Gasteiger partial charge in [-0.25, -0.2) is 0 Å². The molecule has 0 radical (unpaired) electrons.